The van der Waals surface area contributed by atoms with Crippen LogP contribution >= 0.6 is 28.6 Å². The number of rotatable bonds is 2. The van der Waals surface area contributed by atoms with Crippen LogP contribution in [-0.4, -0.2) is 22.7 Å². The molecule has 0 aromatic carbocycles. The van der Waals surface area contributed by atoms with E-state index in [9.17, 15) is 4.57 Å². The van der Waals surface area contributed by atoms with Crippen LogP contribution in [0.4, 0.5) is 0 Å². The fourth-order valence-electron chi connectivity index (χ4n) is 0.285. The van der Waals surface area contributed by atoms with E-state index in [1.165, 1.54) is 0 Å². The smallest absolute Gasteiger partial charge is 0.377 e. The highest BCUT2D eigenvalue weighted by Crippen LogP contribution is 2.51. The van der Waals surface area contributed by atoms with Gasteiger partial charge in [0.2, 0.25) is 0 Å². The third kappa shape index (κ3) is 40.1. The summed E-state index contributed by atoms with van der Waals surface area (Å²) in [6.07, 6.45) is -0.867. The molecule has 1 unspecified atom stereocenters. The second-order valence-corrected chi connectivity index (χ2v) is 6.37. The van der Waals surface area contributed by atoms with Gasteiger partial charge in [-0.1, -0.05) is 12.8 Å². The summed E-state index contributed by atoms with van der Waals surface area (Å²) in [5.74, 6) is 2.72. The Morgan fingerprint density at radius 1 is 1.57 bits per heavy atom. The van der Waals surface area contributed by atoms with Crippen molar-refractivity contribution in [2.45, 2.75) is 26.4 Å². The zero-order chi connectivity index (χ0) is 11.6. The summed E-state index contributed by atoms with van der Waals surface area (Å²) in [6.45, 7) is 3.90. The fraction of sp³-hybridized carbons (Fsp3) is 0.714. The molecule has 0 heterocycles. The van der Waals surface area contributed by atoms with Crippen LogP contribution in [0.15, 0.2) is 0 Å². The van der Waals surface area contributed by atoms with Gasteiger partial charge in [0.15, 0.2) is 0 Å². The molecule has 0 radical (unpaired) electrons. The normalized spacial score (nSPS) is 11.6. The van der Waals surface area contributed by atoms with Crippen molar-refractivity contribution in [3.8, 4) is 12.0 Å². The molecule has 14 heavy (non-hydrogen) atoms. The predicted molar refractivity (Wildman–Crippen MR) is 57.2 cm³/mol. The van der Waals surface area contributed by atoms with Crippen LogP contribution in [0.25, 0.3) is 0 Å². The van der Waals surface area contributed by atoms with Crippen LogP contribution < -0.4 is 0 Å². The third-order valence-corrected chi connectivity index (χ3v) is 0.646. The van der Waals surface area contributed by atoms with Crippen molar-refractivity contribution in [2.24, 2.45) is 0 Å². The number of aliphatic hydroxyl groups is 1. The molecule has 0 saturated carbocycles. The lowest BCUT2D eigenvalue weighted by Crippen LogP contribution is -2.07. The summed E-state index contributed by atoms with van der Waals surface area (Å²) in [6, 6.07) is 0. The monoisotopic (exact) mass is 262 g/mol. The molecule has 0 bridgehead atoms. The summed E-state index contributed by atoms with van der Waals surface area (Å²) in [5.41, 5.74) is 0. The van der Waals surface area contributed by atoms with Crippen molar-refractivity contribution in [3.63, 3.8) is 0 Å². The highest BCUT2D eigenvalue weighted by atomic mass is 35.9. The molecule has 0 fully saturated rings. The van der Waals surface area contributed by atoms with Gasteiger partial charge < -0.3 is 14.7 Å². The Labute approximate surface area is 93.2 Å². The molecule has 4 nitrogen and oxygen atoms in total. The van der Waals surface area contributed by atoms with E-state index in [1.54, 1.807) is 6.92 Å². The Morgan fingerprint density at radius 2 is 2.00 bits per heavy atom. The first-order valence-electron chi connectivity index (χ1n) is 3.77. The average molecular weight is 263 g/mol. The highest BCUT2D eigenvalue weighted by molar-refractivity contribution is 8.04. The molecule has 0 aromatic heterocycles. The maximum Gasteiger partial charge on any atom is 0.377 e. The Hall–Kier alpha value is 0.0900. The number of halogens is 2. The molecular weight excluding hydrogens is 250 g/mol. The van der Waals surface area contributed by atoms with E-state index >= 15 is 0 Å². The van der Waals surface area contributed by atoms with Crippen molar-refractivity contribution >= 4 is 28.6 Å². The minimum Gasteiger partial charge on any atom is -0.444 e. The fourth-order valence-corrected chi connectivity index (χ4v) is 0.285. The van der Waals surface area contributed by atoms with E-state index in [2.05, 4.69) is 34.5 Å². The van der Waals surface area contributed by atoms with E-state index in [-0.39, 0.29) is 0 Å². The van der Waals surface area contributed by atoms with E-state index < -0.39 is 12.2 Å². The van der Waals surface area contributed by atoms with Gasteiger partial charge in [0.25, 0.3) is 0 Å². The quantitative estimate of drug-likeness (QED) is 0.592. The lowest BCUT2D eigenvalue weighted by molar-refractivity contribution is 0.107. The van der Waals surface area contributed by atoms with Gasteiger partial charge in [-0.3, -0.25) is 4.57 Å². The van der Waals surface area contributed by atoms with Crippen molar-refractivity contribution in [3.05, 3.63) is 0 Å². The van der Waals surface area contributed by atoms with Gasteiger partial charge in [-0.2, -0.15) is 0 Å². The van der Waals surface area contributed by atoms with Crippen molar-refractivity contribution < 1.29 is 19.3 Å². The van der Waals surface area contributed by atoms with Gasteiger partial charge in [-0.05, 0) is 29.4 Å². The Kier molecular flexibility index (Phi) is 11.4. The van der Waals surface area contributed by atoms with Gasteiger partial charge >= 0.3 is 6.07 Å². The second kappa shape index (κ2) is 9.64. The average Bonchev–Trinajstić information content (AvgIpc) is 1.94. The number of hydrogen-bond acceptors (Lipinski definition) is 3. The topological polar surface area (TPSA) is 66.8 Å². The number of hydrogen-bond donors (Lipinski definition) is 2. The zero-order valence-corrected chi connectivity index (χ0v) is 10.3. The zero-order valence-electron chi connectivity index (χ0n) is 7.91. The SMILES string of the molecule is CCC#COCC(C)O.O=P(O)(Cl)Cl. The first-order valence-corrected chi connectivity index (χ1v) is 7.24. The van der Waals surface area contributed by atoms with Gasteiger partial charge in [-0.15, -0.1) is 0 Å². The lowest BCUT2D eigenvalue weighted by atomic mass is 10.4. The first kappa shape index (κ1) is 16.5. The molecule has 0 aliphatic heterocycles. The largest absolute Gasteiger partial charge is 0.444 e. The molecule has 84 valence electrons. The molecule has 0 aliphatic rings. The Balaban J connectivity index is 0. The van der Waals surface area contributed by atoms with E-state index in [4.69, 9.17) is 14.7 Å². The van der Waals surface area contributed by atoms with Crippen LogP contribution in [0, 0.1) is 12.0 Å². The van der Waals surface area contributed by atoms with Crippen molar-refractivity contribution in [1.82, 2.24) is 0 Å². The van der Waals surface area contributed by atoms with Gasteiger partial charge in [0, 0.05) is 6.42 Å². The molecule has 2 N–H and O–H groups in total. The Bertz CT molecular complexity index is 219. The summed E-state index contributed by atoms with van der Waals surface area (Å²) in [7, 11) is 0. The summed E-state index contributed by atoms with van der Waals surface area (Å²) in [4.78, 5) is 7.61. The minimum atomic E-state index is -3.69. The van der Waals surface area contributed by atoms with Gasteiger partial charge in [0.1, 0.15) is 12.7 Å². The molecule has 0 spiro atoms. The Morgan fingerprint density at radius 3 is 2.29 bits per heavy atom. The molecule has 0 rings (SSSR count). The molecule has 0 aromatic rings. The lowest BCUT2D eigenvalue weighted by Gasteiger charge is -1.98. The summed E-state index contributed by atoms with van der Waals surface area (Å²) in [5, 5.41) is 8.66. The number of aliphatic hydroxyl groups excluding tert-OH is 1. The van der Waals surface area contributed by atoms with Crippen LogP contribution in [0.2, 0.25) is 0 Å². The molecule has 0 saturated heterocycles. The number of ether oxygens (including phenoxy) is 1. The maximum absolute atomic E-state index is 9.30. The van der Waals surface area contributed by atoms with Crippen molar-refractivity contribution in [1.29, 1.82) is 0 Å². The van der Waals surface area contributed by atoms with Crippen molar-refractivity contribution in [2.75, 3.05) is 6.61 Å². The van der Waals surface area contributed by atoms with Crippen LogP contribution in [0.1, 0.15) is 20.3 Å². The maximum atomic E-state index is 9.30. The molecule has 0 aliphatic carbocycles. The highest BCUT2D eigenvalue weighted by Gasteiger charge is 2.02. The van der Waals surface area contributed by atoms with Crippen LogP contribution in [0.3, 0.4) is 0 Å². The second-order valence-electron chi connectivity index (χ2n) is 2.23. The van der Waals surface area contributed by atoms with Gasteiger partial charge in [-0.25, -0.2) is 0 Å². The van der Waals surface area contributed by atoms with E-state index in [0.717, 1.165) is 6.42 Å². The molecular formula is C7H13Cl2O4P. The third-order valence-electron chi connectivity index (χ3n) is 0.646. The first-order chi connectivity index (χ1) is 6.27. The minimum absolute atomic E-state index is 0.299. The van der Waals surface area contributed by atoms with Crippen LogP contribution in [0.5, 0.6) is 0 Å². The predicted octanol–water partition coefficient (Wildman–Crippen LogP) is 2.32. The van der Waals surface area contributed by atoms with Crippen LogP contribution in [-0.2, 0) is 9.30 Å². The molecule has 1 atom stereocenters. The summed E-state index contributed by atoms with van der Waals surface area (Å²) >= 11 is 8.81. The molecule has 7 heteroatoms. The standard InChI is InChI=1S/C7H12O2.Cl2HO2P/c1-3-4-5-9-6-7(2)8;1-5(2,3)4/h7-8H,3,6H2,1-2H3;(H,3,4). The van der Waals surface area contributed by atoms with E-state index in [1.807, 2.05) is 6.92 Å². The molecule has 0 amide bonds. The summed E-state index contributed by atoms with van der Waals surface area (Å²) < 4.78 is 14.0. The van der Waals surface area contributed by atoms with E-state index in [0.29, 0.717) is 6.61 Å². The van der Waals surface area contributed by atoms with Gasteiger partial charge in [0.05, 0.1) is 6.10 Å².